The quantitative estimate of drug-likeness (QED) is 0.715. The number of hydrogen-bond donors (Lipinski definition) is 0. The van der Waals surface area contributed by atoms with Gasteiger partial charge in [-0.05, 0) is 48.9 Å². The Morgan fingerprint density at radius 2 is 1.89 bits per heavy atom. The molecule has 9 heteroatoms. The molecule has 1 unspecified atom stereocenters. The number of carbonyl (C=O) groups excluding carboxylic acids is 1. The Morgan fingerprint density at radius 3 is 2.46 bits per heavy atom. The van der Waals surface area contributed by atoms with Crippen LogP contribution in [-0.2, 0) is 16.0 Å². The molecule has 1 amide bonds. The van der Waals surface area contributed by atoms with Crippen LogP contribution in [0.2, 0.25) is 5.02 Å². The van der Waals surface area contributed by atoms with Gasteiger partial charge in [0.25, 0.3) is 5.91 Å². The highest BCUT2D eigenvalue weighted by atomic mass is 35.5. The molecule has 2 aromatic rings. The number of alkyl halides is 3. The molecule has 0 saturated carbocycles. The Hall–Kier alpha value is -2.32. The first-order valence-corrected chi connectivity index (χ1v) is 10.3. The summed E-state index contributed by atoms with van der Waals surface area (Å²) in [4.78, 5) is 14.3. The van der Waals surface area contributed by atoms with Crippen LogP contribution in [0.5, 0.6) is 0 Å². The predicted molar refractivity (Wildman–Crippen MR) is 101 cm³/mol. The largest absolute Gasteiger partial charge is 0.416 e. The van der Waals surface area contributed by atoms with Crippen molar-refractivity contribution in [1.82, 2.24) is 0 Å². The average Bonchev–Trinajstić information content (AvgIpc) is 2.97. The third kappa shape index (κ3) is 4.23. The first-order chi connectivity index (χ1) is 13.0. The molecule has 1 aliphatic rings. The number of amides is 1. The van der Waals surface area contributed by atoms with E-state index in [9.17, 15) is 26.4 Å². The van der Waals surface area contributed by atoms with Crippen molar-refractivity contribution in [2.45, 2.75) is 19.1 Å². The Bertz CT molecular complexity index is 1060. The summed E-state index contributed by atoms with van der Waals surface area (Å²) in [5.74, 6) is -1.11. The van der Waals surface area contributed by atoms with Crippen molar-refractivity contribution in [2.24, 2.45) is 0 Å². The number of rotatable bonds is 3. The van der Waals surface area contributed by atoms with E-state index in [1.165, 1.54) is 18.2 Å². The van der Waals surface area contributed by atoms with Gasteiger partial charge in [-0.3, -0.25) is 4.79 Å². The zero-order chi connectivity index (χ0) is 20.7. The second kappa shape index (κ2) is 7.25. The minimum Gasteiger partial charge on any atom is -0.300 e. The molecule has 0 saturated heterocycles. The number of aryl methyl sites for hydroxylation is 1. The van der Waals surface area contributed by atoms with Crippen molar-refractivity contribution in [3.05, 3.63) is 75.7 Å². The number of halogens is 4. The normalized spacial score (nSPS) is 18.2. The van der Waals surface area contributed by atoms with Gasteiger partial charge in [-0.25, -0.2) is 8.42 Å². The summed E-state index contributed by atoms with van der Waals surface area (Å²) in [6, 6.07) is 7.86. The third-order valence-electron chi connectivity index (χ3n) is 4.33. The van der Waals surface area contributed by atoms with Crippen LogP contribution in [0.4, 0.5) is 18.9 Å². The summed E-state index contributed by atoms with van der Waals surface area (Å²) in [6.07, 6.45) is -3.26. The van der Waals surface area contributed by atoms with Gasteiger partial charge in [0.05, 0.1) is 17.4 Å². The monoisotopic (exact) mass is 429 g/mol. The lowest BCUT2D eigenvalue weighted by molar-refractivity contribution is -0.137. The minimum absolute atomic E-state index is 0.204. The van der Waals surface area contributed by atoms with E-state index in [2.05, 4.69) is 0 Å². The van der Waals surface area contributed by atoms with Gasteiger partial charge >= 0.3 is 6.18 Å². The van der Waals surface area contributed by atoms with E-state index in [0.29, 0.717) is 10.7 Å². The van der Waals surface area contributed by atoms with Crippen LogP contribution in [0, 0.1) is 6.92 Å². The van der Waals surface area contributed by atoms with E-state index in [0.717, 1.165) is 34.1 Å². The molecule has 3 rings (SSSR count). The Labute approximate surface area is 165 Å². The number of sulfone groups is 1. The molecule has 0 bridgehead atoms. The Morgan fingerprint density at radius 1 is 1.18 bits per heavy atom. The summed E-state index contributed by atoms with van der Waals surface area (Å²) < 4.78 is 62.8. The molecule has 4 nitrogen and oxygen atoms in total. The van der Waals surface area contributed by atoms with Crippen LogP contribution in [-0.4, -0.2) is 26.1 Å². The number of nitrogens with zero attached hydrogens (tertiary/aromatic N) is 1. The second-order valence-electron chi connectivity index (χ2n) is 6.41. The molecule has 1 aliphatic heterocycles. The van der Waals surface area contributed by atoms with Crippen LogP contribution in [0.1, 0.15) is 21.5 Å². The standard InChI is InChI=1S/C19H15ClF3NO3S/c1-12-5-6-15(10-17(12)20)24(16-7-8-28(26,27)11-16)18(25)13-3-2-4-14(9-13)19(21,22)23/h2-10,16H,11H2,1H3. The fraction of sp³-hybridized carbons (Fsp3) is 0.211. The SMILES string of the molecule is Cc1ccc(N(C(=O)c2cccc(C(F)(F)F)c2)C2C=CS(=O)(=O)C2)cc1Cl. The van der Waals surface area contributed by atoms with E-state index in [1.807, 2.05) is 0 Å². The topological polar surface area (TPSA) is 54.5 Å². The lowest BCUT2D eigenvalue weighted by atomic mass is 10.1. The molecule has 0 spiro atoms. The predicted octanol–water partition coefficient (Wildman–Crippen LogP) is 4.62. The molecule has 1 atom stereocenters. The van der Waals surface area contributed by atoms with Crippen molar-refractivity contribution in [3.8, 4) is 0 Å². The lowest BCUT2D eigenvalue weighted by Gasteiger charge is -2.28. The summed E-state index contributed by atoms with van der Waals surface area (Å²) in [6.45, 7) is 1.75. The molecular formula is C19H15ClF3NO3S. The van der Waals surface area contributed by atoms with E-state index >= 15 is 0 Å². The molecule has 148 valence electrons. The average molecular weight is 430 g/mol. The van der Waals surface area contributed by atoms with E-state index < -0.39 is 33.5 Å². The molecule has 28 heavy (non-hydrogen) atoms. The number of benzene rings is 2. The zero-order valence-electron chi connectivity index (χ0n) is 14.6. The smallest absolute Gasteiger partial charge is 0.300 e. The molecule has 2 aromatic carbocycles. The number of hydrogen-bond acceptors (Lipinski definition) is 3. The summed E-state index contributed by atoms with van der Waals surface area (Å²) in [7, 11) is -3.50. The van der Waals surface area contributed by atoms with Crippen molar-refractivity contribution < 1.29 is 26.4 Å². The van der Waals surface area contributed by atoms with Crippen molar-refractivity contribution in [3.63, 3.8) is 0 Å². The highest BCUT2D eigenvalue weighted by Crippen LogP contribution is 2.32. The van der Waals surface area contributed by atoms with Crippen LogP contribution in [0.3, 0.4) is 0 Å². The Kier molecular flexibility index (Phi) is 5.29. The maximum Gasteiger partial charge on any atom is 0.416 e. The Balaban J connectivity index is 2.08. The number of carbonyl (C=O) groups is 1. The van der Waals surface area contributed by atoms with Gasteiger partial charge in [-0.2, -0.15) is 13.2 Å². The van der Waals surface area contributed by atoms with Gasteiger partial charge < -0.3 is 4.90 Å². The van der Waals surface area contributed by atoms with Gasteiger partial charge in [0, 0.05) is 21.7 Å². The van der Waals surface area contributed by atoms with Crippen LogP contribution in [0.25, 0.3) is 0 Å². The molecule has 0 fully saturated rings. The van der Waals surface area contributed by atoms with Gasteiger partial charge in [0.1, 0.15) is 0 Å². The van der Waals surface area contributed by atoms with Gasteiger partial charge in [-0.15, -0.1) is 0 Å². The van der Waals surface area contributed by atoms with Gasteiger partial charge in [0.2, 0.25) is 0 Å². The molecule has 0 aromatic heterocycles. The molecule has 0 aliphatic carbocycles. The third-order valence-corrected chi connectivity index (χ3v) is 6.12. The maximum atomic E-state index is 13.1. The summed E-state index contributed by atoms with van der Waals surface area (Å²) in [5, 5.41) is 1.35. The first-order valence-electron chi connectivity index (χ1n) is 8.16. The highest BCUT2D eigenvalue weighted by molar-refractivity contribution is 7.94. The van der Waals surface area contributed by atoms with Crippen molar-refractivity contribution in [1.29, 1.82) is 0 Å². The van der Waals surface area contributed by atoms with Gasteiger partial charge in [0.15, 0.2) is 9.84 Å². The van der Waals surface area contributed by atoms with E-state index in [4.69, 9.17) is 11.6 Å². The number of anilines is 1. The molecular weight excluding hydrogens is 415 g/mol. The highest BCUT2D eigenvalue weighted by Gasteiger charge is 2.34. The summed E-state index contributed by atoms with van der Waals surface area (Å²) >= 11 is 6.13. The van der Waals surface area contributed by atoms with Crippen molar-refractivity contribution >= 4 is 33.0 Å². The van der Waals surface area contributed by atoms with Crippen LogP contribution < -0.4 is 4.90 Å². The first kappa shape index (κ1) is 20.4. The fourth-order valence-electron chi connectivity index (χ4n) is 2.88. The molecule has 0 N–H and O–H groups in total. The zero-order valence-corrected chi connectivity index (χ0v) is 16.1. The van der Waals surface area contributed by atoms with Gasteiger partial charge in [-0.1, -0.05) is 23.7 Å². The molecule has 1 heterocycles. The molecule has 0 radical (unpaired) electrons. The van der Waals surface area contributed by atoms with Crippen molar-refractivity contribution in [2.75, 3.05) is 10.7 Å². The lowest BCUT2D eigenvalue weighted by Crippen LogP contribution is -2.41. The fourth-order valence-corrected chi connectivity index (χ4v) is 4.32. The van der Waals surface area contributed by atoms with E-state index in [-0.39, 0.29) is 11.3 Å². The minimum atomic E-state index is -4.61. The maximum absolute atomic E-state index is 13.1. The summed E-state index contributed by atoms with van der Waals surface area (Å²) in [5.41, 5.74) is -0.129. The van der Waals surface area contributed by atoms with Crippen LogP contribution >= 0.6 is 11.6 Å². The van der Waals surface area contributed by atoms with E-state index in [1.54, 1.807) is 19.1 Å². The second-order valence-corrected chi connectivity index (χ2v) is 8.75. The van der Waals surface area contributed by atoms with Crippen LogP contribution in [0.15, 0.2) is 53.9 Å².